The van der Waals surface area contributed by atoms with Crippen LogP contribution in [0.4, 0.5) is 0 Å². The van der Waals surface area contributed by atoms with Crippen LogP contribution in [0.2, 0.25) is 10.2 Å². The first-order chi connectivity index (χ1) is 9.56. The number of ether oxygens (including phenoxy) is 1. The van der Waals surface area contributed by atoms with Gasteiger partial charge in [0.2, 0.25) is 5.88 Å². The van der Waals surface area contributed by atoms with E-state index in [1.54, 1.807) is 12.1 Å². The zero-order valence-electron chi connectivity index (χ0n) is 10.8. The Balaban J connectivity index is 2.14. The van der Waals surface area contributed by atoms with E-state index in [9.17, 15) is 0 Å². The molecular formula is C13H10Cl2N4O. The van der Waals surface area contributed by atoms with E-state index in [1.807, 2.05) is 19.9 Å². The fourth-order valence-corrected chi connectivity index (χ4v) is 2.21. The van der Waals surface area contributed by atoms with Crippen LogP contribution in [0.3, 0.4) is 0 Å². The summed E-state index contributed by atoms with van der Waals surface area (Å²) in [6.07, 6.45) is 1.40. The van der Waals surface area contributed by atoms with Gasteiger partial charge in [-0.25, -0.2) is 0 Å². The van der Waals surface area contributed by atoms with Crippen molar-refractivity contribution in [1.82, 2.24) is 19.6 Å². The second-order valence-corrected chi connectivity index (χ2v) is 5.11. The summed E-state index contributed by atoms with van der Waals surface area (Å²) in [6, 6.07) is 5.39. The van der Waals surface area contributed by atoms with Gasteiger partial charge in [-0.2, -0.15) is 19.6 Å². The lowest BCUT2D eigenvalue weighted by Gasteiger charge is -2.12. The molecule has 20 heavy (non-hydrogen) atoms. The molecule has 0 unspecified atom stereocenters. The lowest BCUT2D eigenvalue weighted by atomic mass is 10.2. The van der Waals surface area contributed by atoms with E-state index in [2.05, 4.69) is 15.1 Å². The number of rotatable bonds is 2. The largest absolute Gasteiger partial charge is 0.438 e. The highest BCUT2D eigenvalue weighted by Gasteiger charge is 2.15. The molecule has 0 spiro atoms. The van der Waals surface area contributed by atoms with E-state index in [0.29, 0.717) is 33.1 Å². The summed E-state index contributed by atoms with van der Waals surface area (Å²) in [6.45, 7) is 3.73. The van der Waals surface area contributed by atoms with Crippen LogP contribution in [0.5, 0.6) is 11.6 Å². The molecular weight excluding hydrogens is 299 g/mol. The SMILES string of the molecule is Cc1cc(Cl)ccc1Oc1c(C)c(Cl)nc2ncnn12. The van der Waals surface area contributed by atoms with Gasteiger partial charge in [-0.05, 0) is 37.6 Å². The topological polar surface area (TPSA) is 52.3 Å². The molecule has 0 bridgehead atoms. The summed E-state index contributed by atoms with van der Waals surface area (Å²) in [7, 11) is 0. The minimum Gasteiger partial charge on any atom is -0.438 e. The van der Waals surface area contributed by atoms with E-state index >= 15 is 0 Å². The van der Waals surface area contributed by atoms with E-state index < -0.39 is 0 Å². The fourth-order valence-electron chi connectivity index (χ4n) is 1.82. The number of halogens is 2. The lowest BCUT2D eigenvalue weighted by Crippen LogP contribution is -2.02. The zero-order valence-corrected chi connectivity index (χ0v) is 12.3. The van der Waals surface area contributed by atoms with Gasteiger partial charge in [0.05, 0.1) is 0 Å². The molecule has 0 atom stereocenters. The smallest absolute Gasteiger partial charge is 0.256 e. The molecule has 3 aromatic rings. The Kier molecular flexibility index (Phi) is 3.23. The van der Waals surface area contributed by atoms with Gasteiger partial charge in [0.1, 0.15) is 17.2 Å². The van der Waals surface area contributed by atoms with E-state index in [4.69, 9.17) is 27.9 Å². The quantitative estimate of drug-likeness (QED) is 0.675. The summed E-state index contributed by atoms with van der Waals surface area (Å²) in [5.74, 6) is 1.56. The Morgan fingerprint density at radius 1 is 1.20 bits per heavy atom. The minimum atomic E-state index is 0.340. The van der Waals surface area contributed by atoms with Crippen molar-refractivity contribution in [3.63, 3.8) is 0 Å². The third-order valence-corrected chi connectivity index (χ3v) is 3.50. The maximum atomic E-state index is 6.09. The van der Waals surface area contributed by atoms with Gasteiger partial charge in [0.25, 0.3) is 5.78 Å². The van der Waals surface area contributed by atoms with Gasteiger partial charge in [-0.15, -0.1) is 0 Å². The molecule has 102 valence electrons. The van der Waals surface area contributed by atoms with Gasteiger partial charge >= 0.3 is 0 Å². The molecule has 2 aromatic heterocycles. The van der Waals surface area contributed by atoms with Gasteiger partial charge in [0, 0.05) is 10.6 Å². The minimum absolute atomic E-state index is 0.340. The first-order valence-corrected chi connectivity index (χ1v) is 6.61. The van der Waals surface area contributed by atoms with E-state index in [1.165, 1.54) is 10.8 Å². The zero-order chi connectivity index (χ0) is 14.3. The van der Waals surface area contributed by atoms with Gasteiger partial charge in [0.15, 0.2) is 0 Å². The molecule has 0 radical (unpaired) electrons. The van der Waals surface area contributed by atoms with Crippen LogP contribution in [0.15, 0.2) is 24.5 Å². The third kappa shape index (κ3) is 2.19. The summed E-state index contributed by atoms with van der Waals surface area (Å²) in [5.41, 5.74) is 1.61. The van der Waals surface area contributed by atoms with Crippen molar-refractivity contribution in [2.24, 2.45) is 0 Å². The Hall–Kier alpha value is -1.85. The monoisotopic (exact) mass is 308 g/mol. The van der Waals surface area contributed by atoms with Gasteiger partial charge in [-0.3, -0.25) is 0 Å². The lowest BCUT2D eigenvalue weighted by molar-refractivity contribution is 0.439. The summed E-state index contributed by atoms with van der Waals surface area (Å²) >= 11 is 12.0. The van der Waals surface area contributed by atoms with Crippen LogP contribution in [0, 0.1) is 13.8 Å². The molecule has 5 nitrogen and oxygen atoms in total. The number of aryl methyl sites for hydroxylation is 1. The van der Waals surface area contributed by atoms with Crippen LogP contribution in [-0.4, -0.2) is 19.6 Å². The number of nitrogens with zero attached hydrogens (tertiary/aromatic N) is 4. The Bertz CT molecular complexity index is 800. The van der Waals surface area contributed by atoms with Crippen LogP contribution in [0.25, 0.3) is 5.78 Å². The standard InChI is InChI=1S/C13H10Cl2N4O/c1-7-5-9(14)3-4-10(7)20-12-8(2)11(15)18-13-16-6-17-19(12)13/h3-6H,1-2H3. The molecule has 0 aliphatic rings. The van der Waals surface area contributed by atoms with Crippen LogP contribution < -0.4 is 4.74 Å². The number of hydrogen-bond acceptors (Lipinski definition) is 4. The number of benzene rings is 1. The molecule has 7 heteroatoms. The second-order valence-electron chi connectivity index (χ2n) is 4.32. The highest BCUT2D eigenvalue weighted by molar-refractivity contribution is 6.30. The summed E-state index contributed by atoms with van der Waals surface area (Å²) < 4.78 is 7.43. The van der Waals surface area contributed by atoms with Crippen LogP contribution in [-0.2, 0) is 0 Å². The first kappa shape index (κ1) is 13.1. The number of aromatic nitrogens is 4. The van der Waals surface area contributed by atoms with Crippen molar-refractivity contribution >= 4 is 29.0 Å². The Morgan fingerprint density at radius 3 is 2.75 bits per heavy atom. The summed E-state index contributed by atoms with van der Waals surface area (Å²) in [4.78, 5) is 8.14. The normalized spacial score (nSPS) is 11.0. The van der Waals surface area contributed by atoms with E-state index in [0.717, 1.165) is 5.56 Å². The Labute approximate surface area is 125 Å². The number of fused-ring (bicyclic) bond motifs is 1. The first-order valence-electron chi connectivity index (χ1n) is 5.86. The van der Waals surface area contributed by atoms with Crippen molar-refractivity contribution in [1.29, 1.82) is 0 Å². The number of hydrogen-bond donors (Lipinski definition) is 0. The highest BCUT2D eigenvalue weighted by atomic mass is 35.5. The van der Waals surface area contributed by atoms with Gasteiger partial charge in [-0.1, -0.05) is 23.2 Å². The van der Waals surface area contributed by atoms with Crippen molar-refractivity contribution < 1.29 is 4.74 Å². The fraction of sp³-hybridized carbons (Fsp3) is 0.154. The van der Waals surface area contributed by atoms with Crippen molar-refractivity contribution in [3.8, 4) is 11.6 Å². The second kappa shape index (κ2) is 4.92. The summed E-state index contributed by atoms with van der Waals surface area (Å²) in [5, 5.41) is 5.09. The third-order valence-electron chi connectivity index (χ3n) is 2.89. The molecule has 1 aromatic carbocycles. The predicted octanol–water partition coefficient (Wildman–Crippen LogP) is 3.84. The Morgan fingerprint density at radius 2 is 2.00 bits per heavy atom. The van der Waals surface area contributed by atoms with Crippen molar-refractivity contribution in [2.75, 3.05) is 0 Å². The predicted molar refractivity (Wildman–Crippen MR) is 76.8 cm³/mol. The van der Waals surface area contributed by atoms with Crippen molar-refractivity contribution in [3.05, 3.63) is 45.8 Å². The molecule has 0 N–H and O–H groups in total. The average molecular weight is 309 g/mol. The maximum Gasteiger partial charge on any atom is 0.256 e. The molecule has 3 rings (SSSR count). The van der Waals surface area contributed by atoms with E-state index in [-0.39, 0.29) is 0 Å². The molecule has 2 heterocycles. The van der Waals surface area contributed by atoms with Crippen LogP contribution in [0.1, 0.15) is 11.1 Å². The molecule has 0 aliphatic heterocycles. The molecule has 0 saturated carbocycles. The molecule has 0 fully saturated rings. The molecule has 0 saturated heterocycles. The van der Waals surface area contributed by atoms with Crippen LogP contribution >= 0.6 is 23.2 Å². The maximum absolute atomic E-state index is 6.09. The van der Waals surface area contributed by atoms with Crippen molar-refractivity contribution in [2.45, 2.75) is 13.8 Å². The molecule has 0 amide bonds. The highest BCUT2D eigenvalue weighted by Crippen LogP contribution is 2.31. The van der Waals surface area contributed by atoms with Gasteiger partial charge < -0.3 is 4.74 Å². The molecule has 0 aliphatic carbocycles. The average Bonchev–Trinajstić information content (AvgIpc) is 2.85.